The minimum atomic E-state index is -0.706. The second kappa shape index (κ2) is 11.6. The number of hydrogen-bond donors (Lipinski definition) is 1. The quantitative estimate of drug-likeness (QED) is 0.479. The van der Waals surface area contributed by atoms with E-state index in [0.717, 1.165) is 46.8 Å². The summed E-state index contributed by atoms with van der Waals surface area (Å²) in [5.74, 6) is 4.52. The van der Waals surface area contributed by atoms with Crippen LogP contribution < -0.4 is 0 Å². The maximum Gasteiger partial charge on any atom is 0.306 e. The molecule has 0 aromatic carbocycles. The van der Waals surface area contributed by atoms with Gasteiger partial charge in [0.2, 0.25) is 0 Å². The molecule has 4 fully saturated rings. The fourth-order valence-corrected chi connectivity index (χ4v) is 8.40. The smallest absolute Gasteiger partial charge is 0.306 e. The Hall–Kier alpha value is -0.530. The van der Waals surface area contributed by atoms with Crippen molar-refractivity contribution in [2.75, 3.05) is 0 Å². The highest BCUT2D eigenvalue weighted by molar-refractivity contribution is 5.69. The third-order valence-electron chi connectivity index (χ3n) is 10.5. The van der Waals surface area contributed by atoms with Gasteiger partial charge >= 0.3 is 5.97 Å². The highest BCUT2D eigenvalue weighted by Crippen LogP contribution is 2.67. The van der Waals surface area contributed by atoms with Crippen LogP contribution in [0.5, 0.6) is 0 Å². The van der Waals surface area contributed by atoms with Crippen molar-refractivity contribution in [2.45, 2.75) is 132 Å². The summed E-state index contributed by atoms with van der Waals surface area (Å²) in [6.45, 7) is 15.4. The minimum Gasteiger partial charge on any atom is -0.481 e. The molecule has 0 aliphatic heterocycles. The number of aliphatic carboxylic acids is 1. The van der Waals surface area contributed by atoms with E-state index in [1.807, 2.05) is 20.8 Å². The summed E-state index contributed by atoms with van der Waals surface area (Å²) in [7, 11) is 0. The van der Waals surface area contributed by atoms with E-state index in [1.165, 1.54) is 25.7 Å². The summed E-state index contributed by atoms with van der Waals surface area (Å²) < 4.78 is 0. The van der Waals surface area contributed by atoms with E-state index in [1.54, 1.807) is 58.3 Å². The van der Waals surface area contributed by atoms with Gasteiger partial charge < -0.3 is 5.11 Å². The van der Waals surface area contributed by atoms with Gasteiger partial charge in [-0.2, -0.15) is 0 Å². The number of carboxylic acids is 1. The van der Waals surface area contributed by atoms with Gasteiger partial charge in [-0.25, -0.2) is 0 Å². The third-order valence-corrected chi connectivity index (χ3v) is 10.5. The highest BCUT2D eigenvalue weighted by Gasteiger charge is 2.59. The number of carboxylic acid groups (broad SMARTS) is 1. The molecule has 2 nitrogen and oxygen atoms in total. The van der Waals surface area contributed by atoms with Crippen molar-refractivity contribution in [3.63, 3.8) is 0 Å². The van der Waals surface area contributed by atoms with Gasteiger partial charge in [0.25, 0.3) is 0 Å². The van der Waals surface area contributed by atoms with Gasteiger partial charge in [0.05, 0.1) is 5.92 Å². The van der Waals surface area contributed by atoms with Crippen LogP contribution in [-0.2, 0) is 4.79 Å². The Morgan fingerprint density at radius 1 is 0.903 bits per heavy atom. The van der Waals surface area contributed by atoms with Gasteiger partial charge in [-0.15, -0.1) is 0 Å². The summed E-state index contributed by atoms with van der Waals surface area (Å²) in [5.41, 5.74) is 1.44. The molecule has 0 saturated heterocycles. The zero-order valence-electron chi connectivity index (χ0n) is 22.0. The van der Waals surface area contributed by atoms with Crippen molar-refractivity contribution in [3.05, 3.63) is 0 Å². The number of hydrogen-bond acceptors (Lipinski definition) is 1. The monoisotopic (exact) mass is 434 g/mol. The first-order valence-corrected chi connectivity index (χ1v) is 14.0. The zero-order chi connectivity index (χ0) is 23.2. The molecular formula is C29H54O2. The number of fused-ring (bicyclic) bond motifs is 5. The maximum atomic E-state index is 9.93. The zero-order valence-corrected chi connectivity index (χ0v) is 22.0. The van der Waals surface area contributed by atoms with Crippen LogP contribution in [0.15, 0.2) is 0 Å². The molecule has 0 radical (unpaired) electrons. The number of carbonyl (C=O) groups is 1. The van der Waals surface area contributed by atoms with Gasteiger partial charge in [-0.1, -0.05) is 74.1 Å². The normalized spacial score (nSPS) is 41.8. The average Bonchev–Trinajstić information content (AvgIpc) is 3.11. The molecule has 4 rings (SSSR count). The van der Waals surface area contributed by atoms with Gasteiger partial charge in [-0.05, 0) is 98.2 Å². The van der Waals surface area contributed by atoms with Crippen LogP contribution in [0.1, 0.15) is 132 Å². The standard InChI is InChI=1S/C22H38.C5H10O2.C2H6/c1-4-7-16-10-12-19-18-11-9-17-8-5-6-14-21(17,2)20(18)13-15-22(16,19)3;1-3-4(2)5(6)7;1-2/h16-20H,4-15H2,1-3H3;4H,3H2,1-2H3,(H,6,7);1-2H3. The molecule has 182 valence electrons. The van der Waals surface area contributed by atoms with Crippen LogP contribution in [0.3, 0.4) is 0 Å². The summed E-state index contributed by atoms with van der Waals surface area (Å²) in [4.78, 5) is 9.93. The Morgan fingerprint density at radius 2 is 1.58 bits per heavy atom. The SMILES string of the molecule is CC.CCC(C)C(=O)O.CCCC1CCC2C3CCC4CCCCC4(C)C3CCC12C. The van der Waals surface area contributed by atoms with E-state index < -0.39 is 5.97 Å². The molecule has 8 atom stereocenters. The second-order valence-corrected chi connectivity index (χ2v) is 11.7. The molecule has 4 aliphatic rings. The molecule has 4 saturated carbocycles. The van der Waals surface area contributed by atoms with Crippen molar-refractivity contribution >= 4 is 5.97 Å². The molecule has 0 spiro atoms. The lowest BCUT2D eigenvalue weighted by molar-refractivity contribution is -0.141. The third kappa shape index (κ3) is 5.35. The Bertz CT molecular complexity index is 557. The molecule has 8 unspecified atom stereocenters. The average molecular weight is 435 g/mol. The van der Waals surface area contributed by atoms with Gasteiger partial charge in [0.1, 0.15) is 0 Å². The summed E-state index contributed by atoms with van der Waals surface area (Å²) in [5, 5.41) is 8.18. The molecular weight excluding hydrogens is 380 g/mol. The van der Waals surface area contributed by atoms with Crippen LogP contribution in [0.2, 0.25) is 0 Å². The van der Waals surface area contributed by atoms with E-state index >= 15 is 0 Å². The molecule has 31 heavy (non-hydrogen) atoms. The summed E-state index contributed by atoms with van der Waals surface area (Å²) in [6.07, 6.45) is 19.2. The molecule has 0 heterocycles. The molecule has 1 N–H and O–H groups in total. The van der Waals surface area contributed by atoms with Crippen LogP contribution in [-0.4, -0.2) is 11.1 Å². The highest BCUT2D eigenvalue weighted by atomic mass is 16.4. The van der Waals surface area contributed by atoms with E-state index in [0.29, 0.717) is 0 Å². The second-order valence-electron chi connectivity index (χ2n) is 11.7. The van der Waals surface area contributed by atoms with Crippen molar-refractivity contribution < 1.29 is 9.90 Å². The predicted octanol–water partition coefficient (Wildman–Crippen LogP) is 8.98. The Labute approximate surface area is 194 Å². The molecule has 0 aromatic rings. The Morgan fingerprint density at radius 3 is 2.16 bits per heavy atom. The van der Waals surface area contributed by atoms with E-state index in [9.17, 15) is 4.79 Å². The van der Waals surface area contributed by atoms with Crippen LogP contribution in [0.4, 0.5) is 0 Å². The van der Waals surface area contributed by atoms with Crippen molar-refractivity contribution in [3.8, 4) is 0 Å². The summed E-state index contributed by atoms with van der Waals surface area (Å²) in [6, 6.07) is 0. The molecule has 0 bridgehead atoms. The lowest BCUT2D eigenvalue weighted by Gasteiger charge is -2.60. The molecule has 0 aromatic heterocycles. The van der Waals surface area contributed by atoms with Gasteiger partial charge in [-0.3, -0.25) is 4.79 Å². The van der Waals surface area contributed by atoms with Gasteiger partial charge in [0.15, 0.2) is 0 Å². The minimum absolute atomic E-state index is 0.181. The first-order chi connectivity index (χ1) is 14.8. The largest absolute Gasteiger partial charge is 0.481 e. The fraction of sp³-hybridized carbons (Fsp3) is 0.966. The van der Waals surface area contributed by atoms with Crippen LogP contribution >= 0.6 is 0 Å². The van der Waals surface area contributed by atoms with E-state index in [4.69, 9.17) is 5.11 Å². The maximum absolute atomic E-state index is 9.93. The first kappa shape index (κ1) is 26.7. The first-order valence-electron chi connectivity index (χ1n) is 14.0. The molecule has 4 aliphatic carbocycles. The molecule has 0 amide bonds. The van der Waals surface area contributed by atoms with Crippen molar-refractivity contribution in [1.82, 2.24) is 0 Å². The fourth-order valence-electron chi connectivity index (χ4n) is 8.40. The molecule has 2 heteroatoms. The van der Waals surface area contributed by atoms with E-state index in [-0.39, 0.29) is 5.92 Å². The Balaban J connectivity index is 0.000000327. The number of rotatable bonds is 4. The van der Waals surface area contributed by atoms with Crippen molar-refractivity contribution in [2.24, 2.45) is 46.3 Å². The van der Waals surface area contributed by atoms with Crippen LogP contribution in [0.25, 0.3) is 0 Å². The van der Waals surface area contributed by atoms with Gasteiger partial charge in [0, 0.05) is 0 Å². The lowest BCUT2D eigenvalue weighted by Crippen LogP contribution is -2.52. The van der Waals surface area contributed by atoms with Crippen LogP contribution in [0, 0.1) is 46.3 Å². The predicted molar refractivity (Wildman–Crippen MR) is 133 cm³/mol. The van der Waals surface area contributed by atoms with E-state index in [2.05, 4.69) is 20.8 Å². The topological polar surface area (TPSA) is 37.3 Å². The lowest BCUT2D eigenvalue weighted by atomic mass is 9.45. The Kier molecular flexibility index (Phi) is 9.96. The van der Waals surface area contributed by atoms with Crippen molar-refractivity contribution in [1.29, 1.82) is 0 Å². The summed E-state index contributed by atoms with van der Waals surface area (Å²) >= 11 is 0.